The van der Waals surface area contributed by atoms with Crippen LogP contribution in [0.2, 0.25) is 0 Å². The van der Waals surface area contributed by atoms with Gasteiger partial charge in [-0.1, -0.05) is 17.7 Å². The molecule has 1 amide bonds. The van der Waals surface area contributed by atoms with Gasteiger partial charge >= 0.3 is 0 Å². The lowest BCUT2D eigenvalue weighted by molar-refractivity contribution is -0.122. The van der Waals surface area contributed by atoms with E-state index < -0.39 is 15.4 Å². The molecule has 2 aromatic carbocycles. The summed E-state index contributed by atoms with van der Waals surface area (Å²) < 4.78 is 33.7. The summed E-state index contributed by atoms with van der Waals surface area (Å²) in [5.41, 5.74) is 2.29. The van der Waals surface area contributed by atoms with Gasteiger partial charge in [0.15, 0.2) is 5.65 Å². The first-order valence-electron chi connectivity index (χ1n) is 13.2. The number of benzene rings is 2. The second-order valence-electron chi connectivity index (χ2n) is 10.2. The number of nitrogens with zero attached hydrogens (tertiary/aromatic N) is 5. The van der Waals surface area contributed by atoms with Crippen LogP contribution in [-0.2, 0) is 21.2 Å². The Balaban J connectivity index is 1.23. The molecule has 3 aromatic heterocycles. The first-order valence-corrected chi connectivity index (χ1v) is 14.7. The van der Waals surface area contributed by atoms with E-state index in [-0.39, 0.29) is 21.5 Å². The zero-order chi connectivity index (χ0) is 28.7. The van der Waals surface area contributed by atoms with Gasteiger partial charge in [0.1, 0.15) is 5.76 Å². The number of fused-ring (bicyclic) bond motifs is 3. The number of amides is 1. The Morgan fingerprint density at radius 2 is 1.88 bits per heavy atom. The number of H-pyrrole nitrogens is 1. The molecule has 0 aliphatic carbocycles. The fourth-order valence-corrected chi connectivity index (χ4v) is 6.68. The van der Waals surface area contributed by atoms with Gasteiger partial charge in [-0.05, 0) is 55.8 Å². The molecule has 1 aliphatic heterocycles. The van der Waals surface area contributed by atoms with Crippen molar-refractivity contribution >= 4 is 38.0 Å². The summed E-state index contributed by atoms with van der Waals surface area (Å²) in [6.45, 7) is 6.97. The molecule has 1 fully saturated rings. The Morgan fingerprint density at radius 3 is 2.61 bits per heavy atom. The van der Waals surface area contributed by atoms with Gasteiger partial charge in [0.05, 0.1) is 35.2 Å². The predicted octanol–water partition coefficient (Wildman–Crippen LogP) is 2.05. The number of aryl methyl sites for hydroxylation is 2. The van der Waals surface area contributed by atoms with Gasteiger partial charge in [-0.15, -0.1) is 5.10 Å². The second kappa shape index (κ2) is 10.5. The molecule has 6 rings (SSSR count). The molecule has 12 nitrogen and oxygen atoms in total. The maximum atomic E-state index is 13.5. The fourth-order valence-electron chi connectivity index (χ4n) is 5.20. The van der Waals surface area contributed by atoms with Crippen molar-refractivity contribution in [1.29, 1.82) is 0 Å². The van der Waals surface area contributed by atoms with Gasteiger partial charge in [-0.25, -0.2) is 18.1 Å². The fraction of sp³-hybridized carbons (Fsp3) is 0.286. The van der Waals surface area contributed by atoms with E-state index >= 15 is 0 Å². The first-order chi connectivity index (χ1) is 19.7. The Morgan fingerprint density at radius 1 is 1.07 bits per heavy atom. The highest BCUT2D eigenvalue weighted by atomic mass is 32.2. The van der Waals surface area contributed by atoms with Crippen LogP contribution in [0.4, 0.5) is 5.69 Å². The molecule has 4 heterocycles. The number of hydrogen-bond donors (Lipinski definition) is 2. The molecule has 13 heteroatoms. The number of anilines is 1. The highest BCUT2D eigenvalue weighted by Gasteiger charge is 2.28. The summed E-state index contributed by atoms with van der Waals surface area (Å²) >= 11 is 0. The van der Waals surface area contributed by atoms with Crippen LogP contribution in [0.1, 0.15) is 16.9 Å². The number of sulfone groups is 1. The number of aromatic nitrogens is 4. The molecule has 0 radical (unpaired) electrons. The maximum absolute atomic E-state index is 13.5. The highest BCUT2D eigenvalue weighted by Crippen LogP contribution is 2.27. The Labute approximate surface area is 235 Å². The summed E-state index contributed by atoms with van der Waals surface area (Å²) in [6, 6.07) is 14.0. The van der Waals surface area contributed by atoms with Crippen LogP contribution in [0.5, 0.6) is 0 Å². The number of carbonyl (C=O) groups is 1. The van der Waals surface area contributed by atoms with Crippen molar-refractivity contribution < 1.29 is 17.6 Å². The second-order valence-corrected chi connectivity index (χ2v) is 12.0. The van der Waals surface area contributed by atoms with Crippen molar-refractivity contribution in [3.05, 3.63) is 82.0 Å². The topological polar surface area (TPSA) is 146 Å². The lowest BCUT2D eigenvalue weighted by Crippen LogP contribution is -2.49. The van der Waals surface area contributed by atoms with Crippen LogP contribution in [0.3, 0.4) is 0 Å². The molecule has 1 saturated heterocycles. The minimum Gasteiger partial charge on any atom is -0.467 e. The van der Waals surface area contributed by atoms with Gasteiger partial charge in [0.2, 0.25) is 20.8 Å². The predicted molar refractivity (Wildman–Crippen MR) is 152 cm³/mol. The van der Waals surface area contributed by atoms with Crippen molar-refractivity contribution in [2.45, 2.75) is 30.3 Å². The van der Waals surface area contributed by atoms with E-state index in [4.69, 9.17) is 4.42 Å². The van der Waals surface area contributed by atoms with Crippen molar-refractivity contribution in [3.63, 3.8) is 0 Å². The molecule has 5 aromatic rings. The van der Waals surface area contributed by atoms with E-state index in [1.165, 1.54) is 4.52 Å². The quantitative estimate of drug-likeness (QED) is 0.298. The normalized spacial score (nSPS) is 14.6. The molecule has 0 atom stereocenters. The first kappa shape index (κ1) is 26.7. The van der Waals surface area contributed by atoms with Gasteiger partial charge in [-0.3, -0.25) is 14.5 Å². The molecule has 0 spiro atoms. The van der Waals surface area contributed by atoms with Crippen molar-refractivity contribution in [3.8, 4) is 0 Å². The minimum atomic E-state index is -4.04. The van der Waals surface area contributed by atoms with E-state index in [0.717, 1.165) is 11.3 Å². The lowest BCUT2D eigenvalue weighted by Gasteiger charge is -2.35. The zero-order valence-corrected chi connectivity index (χ0v) is 23.4. The SMILES string of the molecule is Cc1ccc(S(=O)(=O)c2n[nH]n3c2nc(=O)c2ccc(N4CCN(CC(=O)NCc5ccco5)CC4)cc23)c(C)c1. The maximum Gasteiger partial charge on any atom is 0.281 e. The summed E-state index contributed by atoms with van der Waals surface area (Å²) in [6.07, 6.45) is 1.57. The van der Waals surface area contributed by atoms with Crippen LogP contribution in [0, 0.1) is 13.8 Å². The molecule has 0 unspecified atom stereocenters. The van der Waals surface area contributed by atoms with Crippen LogP contribution < -0.4 is 15.8 Å². The molecule has 1 aliphatic rings. The third-order valence-corrected chi connectivity index (χ3v) is 9.15. The van der Waals surface area contributed by atoms with Crippen LogP contribution in [0.25, 0.3) is 16.6 Å². The number of carbonyl (C=O) groups excluding carboxylic acids is 1. The standard InChI is InChI=1S/C28H29N7O5S/c1-18-5-8-24(19(2)14-18)41(38,39)28-26-30-27(37)22-7-6-20(15-23(22)35(26)32-31-28)34-11-9-33(10-12-34)17-25(36)29-16-21-4-3-13-40-21/h3-8,13-15,32H,9-12,16-17H2,1-2H3,(H,29,36). The van der Waals surface area contributed by atoms with Crippen molar-refractivity contribution in [2.75, 3.05) is 37.6 Å². The van der Waals surface area contributed by atoms with E-state index in [2.05, 4.69) is 30.4 Å². The summed E-state index contributed by atoms with van der Waals surface area (Å²) in [5.74, 6) is 0.635. The zero-order valence-electron chi connectivity index (χ0n) is 22.6. The summed E-state index contributed by atoms with van der Waals surface area (Å²) in [4.78, 5) is 33.8. The number of hydrogen-bond acceptors (Lipinski definition) is 9. The van der Waals surface area contributed by atoms with Gasteiger partial charge in [-0.2, -0.15) is 4.98 Å². The van der Waals surface area contributed by atoms with Crippen LogP contribution in [0.15, 0.2) is 73.9 Å². The molecule has 0 bridgehead atoms. The highest BCUT2D eigenvalue weighted by molar-refractivity contribution is 7.91. The van der Waals surface area contributed by atoms with Gasteiger partial charge < -0.3 is 14.6 Å². The molecule has 0 saturated carbocycles. The average molecular weight is 576 g/mol. The smallest absolute Gasteiger partial charge is 0.281 e. The molecule has 41 heavy (non-hydrogen) atoms. The number of furan rings is 1. The number of piperazine rings is 1. The van der Waals surface area contributed by atoms with E-state index in [1.54, 1.807) is 43.5 Å². The number of aromatic amines is 1. The number of rotatable bonds is 7. The minimum absolute atomic E-state index is 0.0509. The average Bonchev–Trinajstić information content (AvgIpc) is 3.63. The van der Waals surface area contributed by atoms with Gasteiger partial charge in [0.25, 0.3) is 5.56 Å². The van der Waals surface area contributed by atoms with Crippen molar-refractivity contribution in [2.24, 2.45) is 0 Å². The third-order valence-electron chi connectivity index (χ3n) is 7.33. The molecular formula is C28H29N7O5S. The summed E-state index contributed by atoms with van der Waals surface area (Å²) in [5, 5.41) is 9.76. The Kier molecular flexibility index (Phi) is 6.83. The van der Waals surface area contributed by atoms with E-state index in [1.807, 2.05) is 25.1 Å². The third kappa shape index (κ3) is 5.09. The summed E-state index contributed by atoms with van der Waals surface area (Å²) in [7, 11) is -4.04. The van der Waals surface area contributed by atoms with Crippen LogP contribution >= 0.6 is 0 Å². The molecular weight excluding hydrogens is 546 g/mol. The van der Waals surface area contributed by atoms with E-state index in [0.29, 0.717) is 61.5 Å². The van der Waals surface area contributed by atoms with Gasteiger partial charge in [0, 0.05) is 31.9 Å². The Bertz CT molecular complexity index is 1920. The largest absolute Gasteiger partial charge is 0.467 e. The monoisotopic (exact) mass is 575 g/mol. The lowest BCUT2D eigenvalue weighted by atomic mass is 10.2. The molecule has 212 valence electrons. The Hall–Kier alpha value is -4.49. The molecule has 2 N–H and O–H groups in total. The van der Waals surface area contributed by atoms with Crippen molar-refractivity contribution in [1.82, 2.24) is 30.0 Å². The van der Waals surface area contributed by atoms with Crippen LogP contribution in [-0.4, -0.2) is 71.8 Å². The number of nitrogens with one attached hydrogen (secondary N) is 2. The van der Waals surface area contributed by atoms with E-state index in [9.17, 15) is 18.0 Å².